The third-order valence-corrected chi connectivity index (χ3v) is 3.70. The molecule has 0 fully saturated rings. The molecule has 2 aromatic rings. The van der Waals surface area contributed by atoms with Gasteiger partial charge in [0.25, 0.3) is 0 Å². The minimum Gasteiger partial charge on any atom is -0.460 e. The summed E-state index contributed by atoms with van der Waals surface area (Å²) in [6.45, 7) is 4.02. The average molecular weight is 284 g/mol. The summed E-state index contributed by atoms with van der Waals surface area (Å²) in [5, 5.41) is 0. The highest BCUT2D eigenvalue weighted by molar-refractivity contribution is 6.04. The second kappa shape index (κ2) is 5.16. The van der Waals surface area contributed by atoms with Crippen LogP contribution >= 0.6 is 0 Å². The quantitative estimate of drug-likeness (QED) is 0.812. The van der Waals surface area contributed by atoms with Crippen LogP contribution in [0.3, 0.4) is 0 Å². The van der Waals surface area contributed by atoms with Gasteiger partial charge in [0.05, 0.1) is 6.61 Å². The zero-order valence-corrected chi connectivity index (χ0v) is 12.0. The summed E-state index contributed by atoms with van der Waals surface area (Å²) < 4.78 is 6.61. The number of rotatable bonds is 3. The molecule has 21 heavy (non-hydrogen) atoms. The first-order valence-corrected chi connectivity index (χ1v) is 6.95. The van der Waals surface area contributed by atoms with E-state index in [0.717, 1.165) is 16.7 Å². The van der Waals surface area contributed by atoms with Gasteiger partial charge in [-0.25, -0.2) is 9.78 Å². The first-order valence-electron chi connectivity index (χ1n) is 6.95. The van der Waals surface area contributed by atoms with Crippen LogP contribution in [0.25, 0.3) is 0 Å². The maximum Gasteiger partial charge on any atom is 0.374 e. The van der Waals surface area contributed by atoms with E-state index in [1.54, 1.807) is 17.7 Å². The maximum atomic E-state index is 12.5. The molecule has 108 valence electrons. The van der Waals surface area contributed by atoms with Crippen molar-refractivity contribution in [3.8, 4) is 0 Å². The molecule has 0 saturated heterocycles. The van der Waals surface area contributed by atoms with Gasteiger partial charge < -0.3 is 9.30 Å². The highest BCUT2D eigenvalue weighted by atomic mass is 16.5. The van der Waals surface area contributed by atoms with Crippen LogP contribution in [0, 0.1) is 6.92 Å². The van der Waals surface area contributed by atoms with E-state index >= 15 is 0 Å². The fourth-order valence-corrected chi connectivity index (χ4v) is 2.76. The van der Waals surface area contributed by atoms with Crippen LogP contribution in [0.4, 0.5) is 0 Å². The van der Waals surface area contributed by atoms with Crippen molar-refractivity contribution < 1.29 is 14.3 Å². The zero-order chi connectivity index (χ0) is 15.0. The molecule has 1 heterocycles. The number of aryl methyl sites for hydroxylation is 1. The molecule has 1 unspecified atom stereocenters. The Hall–Kier alpha value is -2.43. The lowest BCUT2D eigenvalue weighted by Crippen LogP contribution is -2.21. The molecule has 0 amide bonds. The Labute approximate surface area is 122 Å². The molecule has 1 aliphatic rings. The number of ether oxygens (including phenoxy) is 1. The first kappa shape index (κ1) is 13.5. The summed E-state index contributed by atoms with van der Waals surface area (Å²) in [6.07, 6.45) is 3.76. The number of benzene rings is 1. The largest absolute Gasteiger partial charge is 0.460 e. The molecule has 0 radical (unpaired) electrons. The zero-order valence-electron chi connectivity index (χ0n) is 12.0. The second-order valence-corrected chi connectivity index (χ2v) is 5.12. The summed E-state index contributed by atoms with van der Waals surface area (Å²) in [5.41, 5.74) is 2.88. The molecule has 5 heteroatoms. The predicted octanol–water partition coefficient (Wildman–Crippen LogP) is 2.35. The molecule has 0 N–H and O–H groups in total. The van der Waals surface area contributed by atoms with Gasteiger partial charge in [-0.05, 0) is 19.4 Å². The van der Waals surface area contributed by atoms with Gasteiger partial charge in [0.2, 0.25) is 5.82 Å². The van der Waals surface area contributed by atoms with Crippen LogP contribution < -0.4 is 0 Å². The average Bonchev–Trinajstić information content (AvgIpc) is 3.04. The van der Waals surface area contributed by atoms with Crippen molar-refractivity contribution in [2.45, 2.75) is 26.3 Å². The lowest BCUT2D eigenvalue weighted by molar-refractivity contribution is 0.0504. The molecule has 0 bridgehead atoms. The number of carbonyl (C=O) groups excluding carboxylic acids is 2. The summed E-state index contributed by atoms with van der Waals surface area (Å²) in [7, 11) is 0. The molecule has 3 rings (SSSR count). The van der Waals surface area contributed by atoms with E-state index in [-0.39, 0.29) is 18.2 Å². The van der Waals surface area contributed by atoms with Gasteiger partial charge in [-0.2, -0.15) is 0 Å². The lowest BCUT2D eigenvalue weighted by atomic mass is 10.1. The Bertz CT molecular complexity index is 718. The van der Waals surface area contributed by atoms with Crippen molar-refractivity contribution in [1.29, 1.82) is 0 Å². The number of aromatic nitrogens is 2. The van der Waals surface area contributed by atoms with Crippen molar-refractivity contribution in [2.75, 3.05) is 6.61 Å². The number of ketones is 1. The molecule has 1 aromatic heterocycles. The molecule has 0 aliphatic heterocycles. The van der Waals surface area contributed by atoms with Gasteiger partial charge in [0.15, 0.2) is 5.78 Å². The summed E-state index contributed by atoms with van der Waals surface area (Å²) in [5.74, 6) is -0.296. The minimum atomic E-state index is -0.498. The van der Waals surface area contributed by atoms with Crippen LogP contribution in [0.1, 0.15) is 45.1 Å². The van der Waals surface area contributed by atoms with Crippen molar-refractivity contribution >= 4 is 11.8 Å². The molecule has 1 aromatic carbocycles. The van der Waals surface area contributed by atoms with Crippen molar-refractivity contribution in [3.05, 3.63) is 53.1 Å². The number of esters is 1. The molecule has 0 saturated carbocycles. The third-order valence-electron chi connectivity index (χ3n) is 3.70. The number of hydrogen-bond donors (Lipinski definition) is 0. The molecule has 5 nitrogen and oxygen atoms in total. The summed E-state index contributed by atoms with van der Waals surface area (Å²) in [6, 6.07) is 5.39. The monoisotopic (exact) mass is 284 g/mol. The van der Waals surface area contributed by atoms with Gasteiger partial charge in [0.1, 0.15) is 6.04 Å². The van der Waals surface area contributed by atoms with Gasteiger partial charge in [-0.3, -0.25) is 4.79 Å². The van der Waals surface area contributed by atoms with E-state index in [1.165, 1.54) is 6.20 Å². The third kappa shape index (κ3) is 2.24. The van der Waals surface area contributed by atoms with Gasteiger partial charge >= 0.3 is 5.97 Å². The second-order valence-electron chi connectivity index (χ2n) is 5.12. The molecular weight excluding hydrogens is 268 g/mol. The topological polar surface area (TPSA) is 61.2 Å². The number of Topliss-reactive ketones (excluding diaryl/α,β-unsaturated/α-hetero) is 1. The molecule has 0 spiro atoms. The first-order chi connectivity index (χ1) is 10.1. The Morgan fingerprint density at radius 1 is 1.48 bits per heavy atom. The summed E-state index contributed by atoms with van der Waals surface area (Å²) >= 11 is 0. The van der Waals surface area contributed by atoms with Gasteiger partial charge in [0, 0.05) is 24.4 Å². The van der Waals surface area contributed by atoms with E-state index in [0.29, 0.717) is 6.42 Å². The molecule has 1 aliphatic carbocycles. The predicted molar refractivity (Wildman–Crippen MR) is 76.4 cm³/mol. The van der Waals surface area contributed by atoms with Crippen LogP contribution in [0.5, 0.6) is 0 Å². The highest BCUT2D eigenvalue weighted by Gasteiger charge is 2.34. The maximum absolute atomic E-state index is 12.5. The van der Waals surface area contributed by atoms with Crippen LogP contribution in [0.2, 0.25) is 0 Å². The normalized spacial score (nSPS) is 16.9. The molecule has 1 atom stereocenters. The number of carbonyl (C=O) groups is 2. The van der Waals surface area contributed by atoms with Crippen molar-refractivity contribution in [2.24, 2.45) is 0 Å². The molecular formula is C16H16N2O3. The SMILES string of the molecule is CCOC(=O)c1nccn1C1Cc2cc(C)ccc2C1=O. The van der Waals surface area contributed by atoms with E-state index in [9.17, 15) is 9.59 Å². The summed E-state index contributed by atoms with van der Waals surface area (Å²) in [4.78, 5) is 28.5. The Kier molecular flexibility index (Phi) is 3.33. The number of hydrogen-bond acceptors (Lipinski definition) is 4. The Morgan fingerprint density at radius 3 is 3.05 bits per heavy atom. The van der Waals surface area contributed by atoms with Crippen LogP contribution in [0.15, 0.2) is 30.6 Å². The van der Waals surface area contributed by atoms with Crippen LogP contribution in [-0.4, -0.2) is 27.9 Å². The number of imidazole rings is 1. The van der Waals surface area contributed by atoms with Gasteiger partial charge in [-0.15, -0.1) is 0 Å². The van der Waals surface area contributed by atoms with E-state index in [4.69, 9.17) is 4.74 Å². The smallest absolute Gasteiger partial charge is 0.374 e. The standard InChI is InChI=1S/C16H16N2O3/c1-3-21-16(20)15-17-6-7-18(15)13-9-11-8-10(2)4-5-12(11)14(13)19/h4-8,13H,3,9H2,1-2H3. The minimum absolute atomic E-state index is 0.0218. The Morgan fingerprint density at radius 2 is 2.29 bits per heavy atom. The highest BCUT2D eigenvalue weighted by Crippen LogP contribution is 2.31. The van der Waals surface area contributed by atoms with Crippen molar-refractivity contribution in [3.63, 3.8) is 0 Å². The fourth-order valence-electron chi connectivity index (χ4n) is 2.76. The van der Waals surface area contributed by atoms with E-state index in [2.05, 4.69) is 4.98 Å². The van der Waals surface area contributed by atoms with E-state index in [1.807, 2.05) is 25.1 Å². The van der Waals surface area contributed by atoms with Gasteiger partial charge in [-0.1, -0.05) is 23.8 Å². The van der Waals surface area contributed by atoms with Crippen LogP contribution in [-0.2, 0) is 11.2 Å². The van der Waals surface area contributed by atoms with Crippen molar-refractivity contribution in [1.82, 2.24) is 9.55 Å². The van der Waals surface area contributed by atoms with E-state index < -0.39 is 12.0 Å². The fraction of sp³-hybridized carbons (Fsp3) is 0.312. The number of nitrogens with zero attached hydrogens (tertiary/aromatic N) is 2. The Balaban J connectivity index is 1.96. The lowest BCUT2D eigenvalue weighted by Gasteiger charge is -2.12. The number of fused-ring (bicyclic) bond motifs is 1.